The Morgan fingerprint density at radius 1 is 1.27 bits per heavy atom. The van der Waals surface area contributed by atoms with Crippen LogP contribution in [0.25, 0.3) is 0 Å². The van der Waals surface area contributed by atoms with E-state index in [-0.39, 0.29) is 30.3 Å². The number of amides is 3. The van der Waals surface area contributed by atoms with Crippen molar-refractivity contribution in [2.24, 2.45) is 11.7 Å². The number of primary amides is 1. The molecule has 1 saturated heterocycles. The zero-order valence-electron chi connectivity index (χ0n) is 13.1. The first kappa shape index (κ1) is 16.0. The molecule has 0 spiro atoms. The highest BCUT2D eigenvalue weighted by atomic mass is 16.2. The standard InChI is InChI=1S/C16H21N3O3/c1-16(2,3)18-15(22)11-6-4-5-7-12(11)19-9-10(14(17)21)8-13(19)20/h4-7,10H,8-9H2,1-3H3,(H2,17,21)(H,18,22). The number of hydrogen-bond donors (Lipinski definition) is 2. The van der Waals surface area contributed by atoms with Crippen LogP contribution in [-0.4, -0.2) is 29.8 Å². The van der Waals surface area contributed by atoms with E-state index in [1.165, 1.54) is 4.90 Å². The van der Waals surface area contributed by atoms with Crippen molar-refractivity contribution in [3.8, 4) is 0 Å². The van der Waals surface area contributed by atoms with Gasteiger partial charge in [0, 0.05) is 18.5 Å². The van der Waals surface area contributed by atoms with Crippen LogP contribution in [0.5, 0.6) is 0 Å². The summed E-state index contributed by atoms with van der Waals surface area (Å²) in [5, 5.41) is 2.88. The summed E-state index contributed by atoms with van der Waals surface area (Å²) in [6, 6.07) is 6.88. The molecule has 0 radical (unpaired) electrons. The van der Waals surface area contributed by atoms with Gasteiger partial charge in [-0.15, -0.1) is 0 Å². The predicted octanol–water partition coefficient (Wildman–Crippen LogP) is 1.05. The number of para-hydroxylation sites is 1. The lowest BCUT2D eigenvalue weighted by molar-refractivity contribution is -0.123. The van der Waals surface area contributed by atoms with Crippen molar-refractivity contribution in [1.29, 1.82) is 0 Å². The third-order valence-corrected chi connectivity index (χ3v) is 3.46. The second kappa shape index (κ2) is 5.79. The molecule has 1 aromatic carbocycles. The maximum Gasteiger partial charge on any atom is 0.253 e. The molecule has 1 aromatic rings. The molecule has 0 saturated carbocycles. The molecule has 3 N–H and O–H groups in total. The molecule has 118 valence electrons. The largest absolute Gasteiger partial charge is 0.369 e. The van der Waals surface area contributed by atoms with E-state index >= 15 is 0 Å². The zero-order chi connectivity index (χ0) is 16.5. The van der Waals surface area contributed by atoms with Gasteiger partial charge in [0.2, 0.25) is 11.8 Å². The predicted molar refractivity (Wildman–Crippen MR) is 83.3 cm³/mol. The van der Waals surface area contributed by atoms with Crippen LogP contribution in [-0.2, 0) is 9.59 Å². The van der Waals surface area contributed by atoms with Gasteiger partial charge in [-0.2, -0.15) is 0 Å². The molecule has 0 bridgehead atoms. The van der Waals surface area contributed by atoms with Crippen molar-refractivity contribution in [1.82, 2.24) is 5.32 Å². The maximum absolute atomic E-state index is 12.4. The van der Waals surface area contributed by atoms with E-state index in [2.05, 4.69) is 5.32 Å². The SMILES string of the molecule is CC(C)(C)NC(=O)c1ccccc1N1CC(C(N)=O)CC1=O. The number of benzene rings is 1. The third kappa shape index (κ3) is 3.44. The molecule has 22 heavy (non-hydrogen) atoms. The Bertz CT molecular complexity index is 619. The molecule has 1 heterocycles. The Kier molecular flexibility index (Phi) is 4.21. The van der Waals surface area contributed by atoms with Crippen molar-refractivity contribution in [3.05, 3.63) is 29.8 Å². The Morgan fingerprint density at radius 3 is 2.45 bits per heavy atom. The molecule has 6 heteroatoms. The lowest BCUT2D eigenvalue weighted by atomic mass is 10.1. The van der Waals surface area contributed by atoms with Gasteiger partial charge in [-0.25, -0.2) is 0 Å². The zero-order valence-corrected chi connectivity index (χ0v) is 13.1. The van der Waals surface area contributed by atoms with E-state index in [1.54, 1.807) is 24.3 Å². The average Bonchev–Trinajstić information content (AvgIpc) is 2.79. The van der Waals surface area contributed by atoms with Crippen molar-refractivity contribution in [2.75, 3.05) is 11.4 Å². The molecule has 3 amide bonds. The number of anilines is 1. The molecule has 0 aliphatic carbocycles. The summed E-state index contributed by atoms with van der Waals surface area (Å²) in [7, 11) is 0. The van der Waals surface area contributed by atoms with Gasteiger partial charge in [-0.05, 0) is 32.9 Å². The smallest absolute Gasteiger partial charge is 0.253 e. The first-order chi connectivity index (χ1) is 10.2. The molecule has 0 aromatic heterocycles. The number of rotatable bonds is 3. The summed E-state index contributed by atoms with van der Waals surface area (Å²) >= 11 is 0. The second-order valence-electron chi connectivity index (χ2n) is 6.53. The quantitative estimate of drug-likeness (QED) is 0.874. The Labute approximate surface area is 129 Å². The lowest BCUT2D eigenvalue weighted by Gasteiger charge is -2.24. The highest BCUT2D eigenvalue weighted by molar-refractivity contribution is 6.07. The summed E-state index contributed by atoms with van der Waals surface area (Å²) in [6.07, 6.45) is 0.0879. The highest BCUT2D eigenvalue weighted by Gasteiger charge is 2.35. The van der Waals surface area contributed by atoms with Gasteiger partial charge in [0.05, 0.1) is 17.2 Å². The Hall–Kier alpha value is -2.37. The number of nitrogens with one attached hydrogen (secondary N) is 1. The molecule has 1 fully saturated rings. The number of nitrogens with zero attached hydrogens (tertiary/aromatic N) is 1. The van der Waals surface area contributed by atoms with Gasteiger partial charge in [0.1, 0.15) is 0 Å². The van der Waals surface area contributed by atoms with E-state index < -0.39 is 11.8 Å². The Morgan fingerprint density at radius 2 is 1.91 bits per heavy atom. The number of nitrogens with two attached hydrogens (primary N) is 1. The molecule has 1 atom stereocenters. The van der Waals surface area contributed by atoms with Gasteiger partial charge >= 0.3 is 0 Å². The van der Waals surface area contributed by atoms with Gasteiger partial charge in [0.15, 0.2) is 0 Å². The van der Waals surface area contributed by atoms with Gasteiger partial charge in [-0.1, -0.05) is 12.1 Å². The maximum atomic E-state index is 12.4. The minimum Gasteiger partial charge on any atom is -0.369 e. The molecule has 1 unspecified atom stereocenters. The molecule has 1 aliphatic heterocycles. The van der Waals surface area contributed by atoms with E-state index in [1.807, 2.05) is 20.8 Å². The van der Waals surface area contributed by atoms with E-state index in [9.17, 15) is 14.4 Å². The molecule has 6 nitrogen and oxygen atoms in total. The fraction of sp³-hybridized carbons (Fsp3) is 0.438. The summed E-state index contributed by atoms with van der Waals surface area (Å²) in [5.41, 5.74) is 5.83. The second-order valence-corrected chi connectivity index (χ2v) is 6.53. The van der Waals surface area contributed by atoms with Crippen LogP contribution < -0.4 is 16.0 Å². The normalized spacial score (nSPS) is 18.4. The number of hydrogen-bond acceptors (Lipinski definition) is 3. The van der Waals surface area contributed by atoms with Crippen LogP contribution in [0, 0.1) is 5.92 Å². The summed E-state index contributed by atoms with van der Waals surface area (Å²) in [4.78, 5) is 37.3. The average molecular weight is 303 g/mol. The third-order valence-electron chi connectivity index (χ3n) is 3.46. The fourth-order valence-electron chi connectivity index (χ4n) is 2.44. The number of carbonyl (C=O) groups excluding carboxylic acids is 3. The van der Waals surface area contributed by atoms with Crippen LogP contribution in [0.3, 0.4) is 0 Å². The van der Waals surface area contributed by atoms with Gasteiger partial charge < -0.3 is 16.0 Å². The minimum atomic E-state index is -0.508. The monoisotopic (exact) mass is 303 g/mol. The minimum absolute atomic E-state index is 0.0879. The van der Waals surface area contributed by atoms with Gasteiger partial charge in [-0.3, -0.25) is 14.4 Å². The van der Waals surface area contributed by atoms with Crippen LogP contribution >= 0.6 is 0 Å². The molecule has 2 rings (SSSR count). The Balaban J connectivity index is 2.31. The van der Waals surface area contributed by atoms with Gasteiger partial charge in [0.25, 0.3) is 5.91 Å². The first-order valence-electron chi connectivity index (χ1n) is 7.20. The fourth-order valence-corrected chi connectivity index (χ4v) is 2.44. The van der Waals surface area contributed by atoms with Crippen molar-refractivity contribution >= 4 is 23.4 Å². The molecular formula is C16H21N3O3. The summed E-state index contributed by atoms with van der Waals surface area (Å²) < 4.78 is 0. The van der Waals surface area contributed by atoms with E-state index in [0.717, 1.165) is 0 Å². The molecular weight excluding hydrogens is 282 g/mol. The first-order valence-corrected chi connectivity index (χ1v) is 7.20. The molecule has 1 aliphatic rings. The van der Waals surface area contributed by atoms with Crippen molar-refractivity contribution < 1.29 is 14.4 Å². The summed E-state index contributed by atoms with van der Waals surface area (Å²) in [5.74, 6) is -1.45. The van der Waals surface area contributed by atoms with Crippen LogP contribution in [0.2, 0.25) is 0 Å². The number of carbonyl (C=O) groups is 3. The topological polar surface area (TPSA) is 92.5 Å². The summed E-state index contributed by atoms with van der Waals surface area (Å²) in [6.45, 7) is 5.88. The van der Waals surface area contributed by atoms with Crippen molar-refractivity contribution in [3.63, 3.8) is 0 Å². The van der Waals surface area contributed by atoms with Crippen LogP contribution in [0.1, 0.15) is 37.6 Å². The highest BCUT2D eigenvalue weighted by Crippen LogP contribution is 2.28. The lowest BCUT2D eigenvalue weighted by Crippen LogP contribution is -2.41. The van der Waals surface area contributed by atoms with E-state index in [0.29, 0.717) is 11.3 Å². The van der Waals surface area contributed by atoms with E-state index in [4.69, 9.17) is 5.73 Å². The van der Waals surface area contributed by atoms with Crippen LogP contribution in [0.4, 0.5) is 5.69 Å². The van der Waals surface area contributed by atoms with Crippen LogP contribution in [0.15, 0.2) is 24.3 Å². The van der Waals surface area contributed by atoms with Crippen molar-refractivity contribution in [2.45, 2.75) is 32.7 Å².